The van der Waals surface area contributed by atoms with Crippen LogP contribution in [-0.2, 0) is 10.0 Å². The maximum absolute atomic E-state index is 11.9. The zero-order chi connectivity index (χ0) is 14.1. The van der Waals surface area contributed by atoms with Crippen molar-refractivity contribution in [3.63, 3.8) is 0 Å². The Labute approximate surface area is 116 Å². The fourth-order valence-corrected chi connectivity index (χ4v) is 2.81. The highest BCUT2D eigenvalue weighted by Crippen LogP contribution is 2.14. The van der Waals surface area contributed by atoms with Crippen LogP contribution in [0.3, 0.4) is 0 Å². The summed E-state index contributed by atoms with van der Waals surface area (Å²) in [6, 6.07) is 6.90. The van der Waals surface area contributed by atoms with E-state index in [0.717, 1.165) is 25.1 Å². The van der Waals surface area contributed by atoms with Gasteiger partial charge in [0.2, 0.25) is 10.0 Å². The molecule has 0 aliphatic heterocycles. The van der Waals surface area contributed by atoms with Crippen LogP contribution < -0.4 is 10.0 Å². The zero-order valence-corrected chi connectivity index (χ0v) is 12.6. The number of hydrogen-bond acceptors (Lipinski definition) is 3. The summed E-state index contributed by atoms with van der Waals surface area (Å²) in [5.74, 6) is 0. The van der Waals surface area contributed by atoms with Gasteiger partial charge in [0.05, 0.1) is 4.90 Å². The molecule has 1 rings (SSSR count). The number of benzene rings is 1. The van der Waals surface area contributed by atoms with E-state index in [4.69, 9.17) is 0 Å². The lowest BCUT2D eigenvalue weighted by Gasteiger charge is -2.08. The van der Waals surface area contributed by atoms with Crippen molar-refractivity contribution in [3.8, 4) is 0 Å². The van der Waals surface area contributed by atoms with Crippen LogP contribution in [0.2, 0.25) is 0 Å². The van der Waals surface area contributed by atoms with Gasteiger partial charge in [0.1, 0.15) is 0 Å². The van der Waals surface area contributed by atoms with Gasteiger partial charge in [-0.05, 0) is 37.1 Å². The minimum absolute atomic E-state index is 0.319. The highest BCUT2D eigenvalue weighted by atomic mass is 32.2. The van der Waals surface area contributed by atoms with Crippen LogP contribution in [0.25, 0.3) is 0 Å². The Morgan fingerprint density at radius 1 is 0.947 bits per heavy atom. The number of hydrogen-bond donors (Lipinski definition) is 2. The van der Waals surface area contributed by atoms with Crippen molar-refractivity contribution in [2.45, 2.75) is 44.4 Å². The molecule has 0 aliphatic carbocycles. The molecule has 0 saturated carbocycles. The number of rotatable bonds is 9. The Kier molecular flexibility index (Phi) is 6.87. The first-order chi connectivity index (χ1) is 9.10. The first-order valence-electron chi connectivity index (χ1n) is 6.93. The molecule has 1 aromatic carbocycles. The molecule has 0 atom stereocenters. The molecule has 0 fully saturated rings. The van der Waals surface area contributed by atoms with E-state index in [1.165, 1.54) is 12.8 Å². The molecule has 0 heterocycles. The fraction of sp³-hybridized carbons (Fsp3) is 0.571. The summed E-state index contributed by atoms with van der Waals surface area (Å²) in [4.78, 5) is 0.319. The largest absolute Gasteiger partial charge is 0.385 e. The molecule has 2 N–H and O–H groups in total. The maximum Gasteiger partial charge on any atom is 0.240 e. The average Bonchev–Trinajstić information content (AvgIpc) is 2.42. The van der Waals surface area contributed by atoms with Crippen molar-refractivity contribution in [1.82, 2.24) is 4.72 Å². The molecule has 0 bridgehead atoms. The van der Waals surface area contributed by atoms with Gasteiger partial charge in [0, 0.05) is 18.8 Å². The number of unbranched alkanes of at least 4 members (excludes halogenated alkanes) is 2. The summed E-state index contributed by atoms with van der Waals surface area (Å²) in [6.07, 6.45) is 4.33. The summed E-state index contributed by atoms with van der Waals surface area (Å²) in [5.41, 5.74) is 0.963. The monoisotopic (exact) mass is 284 g/mol. The van der Waals surface area contributed by atoms with Gasteiger partial charge in [0.15, 0.2) is 0 Å². The van der Waals surface area contributed by atoms with Crippen LogP contribution in [0.15, 0.2) is 29.2 Å². The normalized spacial score (nSPS) is 11.5. The van der Waals surface area contributed by atoms with Crippen LogP contribution in [0.1, 0.15) is 39.5 Å². The molecule has 19 heavy (non-hydrogen) atoms. The van der Waals surface area contributed by atoms with Crippen molar-refractivity contribution >= 4 is 15.7 Å². The molecular weight excluding hydrogens is 260 g/mol. The Bertz CT molecular complexity index is 455. The summed E-state index contributed by atoms with van der Waals surface area (Å²) >= 11 is 0. The van der Waals surface area contributed by atoms with Crippen molar-refractivity contribution in [2.75, 3.05) is 18.4 Å². The lowest BCUT2D eigenvalue weighted by molar-refractivity contribution is 0.581. The third-order valence-corrected chi connectivity index (χ3v) is 4.29. The van der Waals surface area contributed by atoms with Crippen molar-refractivity contribution in [2.24, 2.45) is 0 Å². The summed E-state index contributed by atoms with van der Waals surface area (Å²) < 4.78 is 26.3. The summed E-state index contributed by atoms with van der Waals surface area (Å²) in [5, 5.41) is 3.29. The standard InChI is InChI=1S/C14H24N2O2S/c1-3-5-6-12-15-13-7-9-14(10-8-13)19(17,18)16-11-4-2/h7-10,15-16H,3-6,11-12H2,1-2H3. The third kappa shape index (κ3) is 5.61. The van der Waals surface area contributed by atoms with Crippen molar-refractivity contribution in [1.29, 1.82) is 0 Å². The predicted octanol–water partition coefficient (Wildman–Crippen LogP) is 2.98. The van der Waals surface area contributed by atoms with Crippen LogP contribution >= 0.6 is 0 Å². The lowest BCUT2D eigenvalue weighted by atomic mass is 10.2. The van der Waals surface area contributed by atoms with Gasteiger partial charge in [-0.15, -0.1) is 0 Å². The minimum atomic E-state index is -3.35. The third-order valence-electron chi connectivity index (χ3n) is 2.82. The Morgan fingerprint density at radius 3 is 2.21 bits per heavy atom. The summed E-state index contributed by atoms with van der Waals surface area (Å²) in [7, 11) is -3.35. The van der Waals surface area contributed by atoms with Gasteiger partial charge in [0.25, 0.3) is 0 Å². The molecule has 0 spiro atoms. The van der Waals surface area contributed by atoms with Gasteiger partial charge in [-0.25, -0.2) is 13.1 Å². The Balaban J connectivity index is 2.56. The Hall–Kier alpha value is -1.07. The van der Waals surface area contributed by atoms with E-state index < -0.39 is 10.0 Å². The molecule has 0 saturated heterocycles. The van der Waals surface area contributed by atoms with Crippen LogP contribution in [0.5, 0.6) is 0 Å². The SMILES string of the molecule is CCCCCNc1ccc(S(=O)(=O)NCCC)cc1. The molecule has 0 aliphatic rings. The molecule has 4 nitrogen and oxygen atoms in total. The Morgan fingerprint density at radius 2 is 1.63 bits per heavy atom. The number of sulfonamides is 1. The smallest absolute Gasteiger partial charge is 0.240 e. The van der Waals surface area contributed by atoms with E-state index in [-0.39, 0.29) is 0 Å². The van der Waals surface area contributed by atoms with Crippen molar-refractivity contribution in [3.05, 3.63) is 24.3 Å². The molecule has 1 aromatic rings. The van der Waals surface area contributed by atoms with Gasteiger partial charge < -0.3 is 5.32 Å². The second kappa shape index (κ2) is 8.17. The number of anilines is 1. The van der Waals surface area contributed by atoms with Gasteiger partial charge in [-0.3, -0.25) is 0 Å². The van der Waals surface area contributed by atoms with E-state index >= 15 is 0 Å². The number of nitrogens with one attached hydrogen (secondary N) is 2. The minimum Gasteiger partial charge on any atom is -0.385 e. The second-order valence-electron chi connectivity index (χ2n) is 4.56. The first kappa shape index (κ1) is 16.0. The first-order valence-corrected chi connectivity index (χ1v) is 8.42. The van der Waals surface area contributed by atoms with Crippen LogP contribution in [0, 0.1) is 0 Å². The molecule has 0 unspecified atom stereocenters. The van der Waals surface area contributed by atoms with E-state index in [1.54, 1.807) is 12.1 Å². The van der Waals surface area contributed by atoms with Gasteiger partial charge in [-0.1, -0.05) is 26.7 Å². The predicted molar refractivity (Wildman–Crippen MR) is 79.9 cm³/mol. The second-order valence-corrected chi connectivity index (χ2v) is 6.32. The topological polar surface area (TPSA) is 58.2 Å². The highest BCUT2D eigenvalue weighted by molar-refractivity contribution is 7.89. The molecule has 0 aromatic heterocycles. The highest BCUT2D eigenvalue weighted by Gasteiger charge is 2.12. The molecule has 5 heteroatoms. The van der Waals surface area contributed by atoms with Crippen molar-refractivity contribution < 1.29 is 8.42 Å². The lowest BCUT2D eigenvalue weighted by Crippen LogP contribution is -2.24. The summed E-state index contributed by atoms with van der Waals surface area (Å²) in [6.45, 7) is 5.50. The molecule has 108 valence electrons. The van der Waals surface area contributed by atoms with Gasteiger partial charge >= 0.3 is 0 Å². The molecule has 0 amide bonds. The van der Waals surface area contributed by atoms with E-state index in [2.05, 4.69) is 17.0 Å². The maximum atomic E-state index is 11.9. The fourth-order valence-electron chi connectivity index (χ4n) is 1.68. The van der Waals surface area contributed by atoms with Crippen LogP contribution in [-0.4, -0.2) is 21.5 Å². The molecule has 0 radical (unpaired) electrons. The van der Waals surface area contributed by atoms with E-state index in [9.17, 15) is 8.42 Å². The zero-order valence-electron chi connectivity index (χ0n) is 11.8. The van der Waals surface area contributed by atoms with Crippen LogP contribution in [0.4, 0.5) is 5.69 Å². The van der Waals surface area contributed by atoms with Gasteiger partial charge in [-0.2, -0.15) is 0 Å². The average molecular weight is 284 g/mol. The van der Waals surface area contributed by atoms with E-state index in [0.29, 0.717) is 11.4 Å². The quantitative estimate of drug-likeness (QED) is 0.685. The molecular formula is C14H24N2O2S. The van der Waals surface area contributed by atoms with E-state index in [1.807, 2.05) is 19.1 Å².